The molecule has 5 nitrogen and oxygen atoms in total. The van der Waals surface area contributed by atoms with Crippen molar-refractivity contribution in [2.24, 2.45) is 0 Å². The highest BCUT2D eigenvalue weighted by molar-refractivity contribution is 7.98. The molecule has 0 aliphatic carbocycles. The first-order chi connectivity index (χ1) is 11.6. The number of thioether (sulfide) groups is 1. The van der Waals surface area contributed by atoms with E-state index in [0.29, 0.717) is 5.89 Å². The van der Waals surface area contributed by atoms with Gasteiger partial charge in [0.25, 0.3) is 0 Å². The van der Waals surface area contributed by atoms with Gasteiger partial charge in [-0.3, -0.25) is 9.69 Å². The van der Waals surface area contributed by atoms with Crippen LogP contribution in [0, 0.1) is 6.92 Å². The molecule has 6 heteroatoms. The van der Waals surface area contributed by atoms with Crippen molar-refractivity contribution in [1.82, 2.24) is 14.8 Å². The fourth-order valence-electron chi connectivity index (χ4n) is 2.86. The lowest BCUT2D eigenvalue weighted by Crippen LogP contribution is -2.47. The van der Waals surface area contributed by atoms with Crippen molar-refractivity contribution in [3.05, 3.63) is 35.7 Å². The summed E-state index contributed by atoms with van der Waals surface area (Å²) in [6.45, 7) is 7.70. The molecule has 3 rings (SSSR count). The molecule has 0 bridgehead atoms. The zero-order valence-electron chi connectivity index (χ0n) is 14.4. The minimum atomic E-state index is 0.156. The highest BCUT2D eigenvalue weighted by Gasteiger charge is 2.21. The summed E-state index contributed by atoms with van der Waals surface area (Å²) in [6.07, 6.45) is 2.06. The van der Waals surface area contributed by atoms with E-state index in [0.717, 1.165) is 49.7 Å². The molecule has 2 heterocycles. The minimum Gasteiger partial charge on any atom is -0.441 e. The van der Waals surface area contributed by atoms with Gasteiger partial charge < -0.3 is 9.32 Å². The molecule has 24 heavy (non-hydrogen) atoms. The zero-order chi connectivity index (χ0) is 17.1. The topological polar surface area (TPSA) is 49.6 Å². The van der Waals surface area contributed by atoms with E-state index in [-0.39, 0.29) is 5.91 Å². The van der Waals surface area contributed by atoms with Crippen LogP contribution < -0.4 is 0 Å². The van der Waals surface area contributed by atoms with Crippen LogP contribution in [0.3, 0.4) is 0 Å². The Labute approximate surface area is 147 Å². The van der Waals surface area contributed by atoms with Crippen molar-refractivity contribution in [3.8, 4) is 11.5 Å². The summed E-state index contributed by atoms with van der Waals surface area (Å²) in [5.41, 5.74) is 1.98. The maximum atomic E-state index is 11.4. The van der Waals surface area contributed by atoms with Crippen molar-refractivity contribution >= 4 is 17.7 Å². The van der Waals surface area contributed by atoms with E-state index in [1.807, 2.05) is 24.0 Å². The van der Waals surface area contributed by atoms with Gasteiger partial charge in [0.05, 0.1) is 5.69 Å². The van der Waals surface area contributed by atoms with Crippen molar-refractivity contribution in [3.63, 3.8) is 0 Å². The first-order valence-corrected chi connectivity index (χ1v) is 9.38. The van der Waals surface area contributed by atoms with Crippen LogP contribution in [0.4, 0.5) is 0 Å². The number of amides is 1. The van der Waals surface area contributed by atoms with Crippen LogP contribution in [0.2, 0.25) is 0 Å². The predicted molar refractivity (Wildman–Crippen MR) is 96.0 cm³/mol. The van der Waals surface area contributed by atoms with Crippen molar-refractivity contribution in [2.45, 2.75) is 25.3 Å². The monoisotopic (exact) mass is 345 g/mol. The van der Waals surface area contributed by atoms with Crippen molar-refractivity contribution in [2.75, 3.05) is 32.4 Å². The molecule has 128 valence electrons. The molecule has 1 amide bonds. The summed E-state index contributed by atoms with van der Waals surface area (Å²) in [5, 5.41) is 0. The van der Waals surface area contributed by atoms with E-state index >= 15 is 0 Å². The Bertz CT molecular complexity index is 704. The summed E-state index contributed by atoms with van der Waals surface area (Å²) in [6, 6.07) is 8.26. The smallest absolute Gasteiger partial charge is 0.226 e. The Morgan fingerprint density at radius 3 is 2.46 bits per heavy atom. The minimum absolute atomic E-state index is 0.156. The maximum absolute atomic E-state index is 11.4. The molecule has 2 aromatic rings. The fraction of sp³-hybridized carbons (Fsp3) is 0.444. The Hall–Kier alpha value is -1.79. The first-order valence-electron chi connectivity index (χ1n) is 8.15. The van der Waals surface area contributed by atoms with Gasteiger partial charge in [0.15, 0.2) is 0 Å². The molecule has 1 aliphatic rings. The summed E-state index contributed by atoms with van der Waals surface area (Å²) in [5.74, 6) is 1.70. The van der Waals surface area contributed by atoms with Crippen LogP contribution >= 0.6 is 11.8 Å². The number of carbonyl (C=O) groups is 1. The zero-order valence-corrected chi connectivity index (χ0v) is 15.2. The molecular weight excluding hydrogens is 322 g/mol. The van der Waals surface area contributed by atoms with Gasteiger partial charge in [-0.1, -0.05) is 0 Å². The third-order valence-electron chi connectivity index (χ3n) is 4.42. The van der Waals surface area contributed by atoms with Gasteiger partial charge >= 0.3 is 0 Å². The van der Waals surface area contributed by atoms with Gasteiger partial charge in [0.2, 0.25) is 11.8 Å². The van der Waals surface area contributed by atoms with E-state index in [1.54, 1.807) is 18.7 Å². The molecule has 0 unspecified atom stereocenters. The van der Waals surface area contributed by atoms with Crippen LogP contribution in [0.15, 0.2) is 33.6 Å². The first kappa shape index (κ1) is 17.0. The largest absolute Gasteiger partial charge is 0.441 e. The van der Waals surface area contributed by atoms with Gasteiger partial charge in [-0.2, -0.15) is 0 Å². The van der Waals surface area contributed by atoms with E-state index in [1.165, 1.54) is 4.90 Å². The summed E-state index contributed by atoms with van der Waals surface area (Å²) < 4.78 is 5.87. The highest BCUT2D eigenvalue weighted by atomic mass is 32.2. The number of aryl methyl sites for hydroxylation is 1. The van der Waals surface area contributed by atoms with Gasteiger partial charge in [0.1, 0.15) is 5.76 Å². The van der Waals surface area contributed by atoms with Crippen LogP contribution in [-0.4, -0.2) is 53.1 Å². The molecule has 0 spiro atoms. The lowest BCUT2D eigenvalue weighted by molar-refractivity contribution is -0.130. The second-order valence-electron chi connectivity index (χ2n) is 6.03. The lowest BCUT2D eigenvalue weighted by Gasteiger charge is -2.33. The molecule has 0 radical (unpaired) electrons. The van der Waals surface area contributed by atoms with E-state index in [2.05, 4.69) is 28.3 Å². The molecular formula is C18H23N3O2S. The number of nitrogens with zero attached hydrogens (tertiary/aromatic N) is 3. The van der Waals surface area contributed by atoms with E-state index < -0.39 is 0 Å². The van der Waals surface area contributed by atoms with Crippen LogP contribution in [0.25, 0.3) is 11.5 Å². The number of benzene rings is 1. The van der Waals surface area contributed by atoms with Crippen molar-refractivity contribution < 1.29 is 9.21 Å². The third-order valence-corrected chi connectivity index (χ3v) is 5.16. The normalized spacial score (nSPS) is 15.7. The number of hydrogen-bond donors (Lipinski definition) is 0. The second kappa shape index (κ2) is 7.40. The average Bonchev–Trinajstić information content (AvgIpc) is 2.96. The summed E-state index contributed by atoms with van der Waals surface area (Å²) in [7, 11) is 0. The highest BCUT2D eigenvalue weighted by Crippen LogP contribution is 2.25. The summed E-state index contributed by atoms with van der Waals surface area (Å²) >= 11 is 1.72. The second-order valence-corrected chi connectivity index (χ2v) is 6.91. The predicted octanol–water partition coefficient (Wildman–Crippen LogP) is 3.04. The fourth-order valence-corrected chi connectivity index (χ4v) is 3.27. The Kier molecular flexibility index (Phi) is 5.26. The van der Waals surface area contributed by atoms with Gasteiger partial charge in [-0.15, -0.1) is 11.8 Å². The van der Waals surface area contributed by atoms with Gasteiger partial charge in [0, 0.05) is 50.1 Å². The maximum Gasteiger partial charge on any atom is 0.226 e. The molecule has 0 saturated carbocycles. The average molecular weight is 345 g/mol. The van der Waals surface area contributed by atoms with Crippen LogP contribution in [0.1, 0.15) is 18.4 Å². The molecule has 1 fully saturated rings. The van der Waals surface area contributed by atoms with E-state index in [4.69, 9.17) is 4.42 Å². The molecule has 1 saturated heterocycles. The summed E-state index contributed by atoms with van der Waals surface area (Å²) in [4.78, 5) is 21.5. The molecule has 1 aliphatic heterocycles. The van der Waals surface area contributed by atoms with Crippen molar-refractivity contribution in [1.29, 1.82) is 0 Å². The molecule has 0 atom stereocenters. The SMILES string of the molecule is CSc1ccc(-c2nc(CN3CCN(C(C)=O)CC3)c(C)o2)cc1. The molecule has 1 aromatic heterocycles. The van der Waals surface area contributed by atoms with Gasteiger partial charge in [-0.05, 0) is 37.4 Å². The van der Waals surface area contributed by atoms with Gasteiger partial charge in [-0.25, -0.2) is 4.98 Å². The number of hydrogen-bond acceptors (Lipinski definition) is 5. The third kappa shape index (κ3) is 3.82. The van der Waals surface area contributed by atoms with Crippen LogP contribution in [0.5, 0.6) is 0 Å². The lowest BCUT2D eigenvalue weighted by atomic mass is 10.2. The Morgan fingerprint density at radius 2 is 1.88 bits per heavy atom. The number of aromatic nitrogens is 1. The van der Waals surface area contributed by atoms with E-state index in [9.17, 15) is 4.79 Å². The number of rotatable bonds is 4. The number of carbonyl (C=O) groups excluding carboxylic acids is 1. The Morgan fingerprint density at radius 1 is 1.21 bits per heavy atom. The number of oxazole rings is 1. The quantitative estimate of drug-likeness (QED) is 0.797. The Balaban J connectivity index is 1.67. The molecule has 1 aromatic carbocycles. The standard InChI is InChI=1S/C18H23N3O2S/c1-13-17(12-20-8-10-21(11-9-20)14(2)22)19-18(23-13)15-4-6-16(24-3)7-5-15/h4-7H,8-12H2,1-3H3. The number of piperazine rings is 1. The van der Waals surface area contributed by atoms with Crippen LogP contribution in [-0.2, 0) is 11.3 Å². The molecule has 0 N–H and O–H groups in total.